The highest BCUT2D eigenvalue weighted by molar-refractivity contribution is 5.59. The van der Waals surface area contributed by atoms with Crippen LogP contribution in [0.4, 0.5) is 11.4 Å². The molecule has 1 aromatic carbocycles. The fourth-order valence-electron chi connectivity index (χ4n) is 2.30. The number of aryl methyl sites for hydroxylation is 3. The van der Waals surface area contributed by atoms with Crippen LogP contribution < -0.4 is 5.32 Å². The average molecular weight is 288 g/mol. The molecule has 0 aliphatic rings. The second-order valence-corrected chi connectivity index (χ2v) is 5.11. The van der Waals surface area contributed by atoms with E-state index < -0.39 is 0 Å². The SMILES string of the molecule is CCCn1nccc1CNc1cc(C)c([N+](=O)[O-])cc1C. The van der Waals surface area contributed by atoms with Crippen LogP contribution in [0.15, 0.2) is 24.4 Å². The summed E-state index contributed by atoms with van der Waals surface area (Å²) in [7, 11) is 0. The number of benzene rings is 1. The molecule has 2 aromatic rings. The van der Waals surface area contributed by atoms with Crippen LogP contribution in [0.25, 0.3) is 0 Å². The zero-order valence-electron chi connectivity index (χ0n) is 12.6. The summed E-state index contributed by atoms with van der Waals surface area (Å²) in [5.41, 5.74) is 3.72. The summed E-state index contributed by atoms with van der Waals surface area (Å²) in [6.45, 7) is 7.28. The lowest BCUT2D eigenvalue weighted by Gasteiger charge is -2.12. The van der Waals surface area contributed by atoms with Gasteiger partial charge in [-0.15, -0.1) is 0 Å². The highest BCUT2D eigenvalue weighted by Crippen LogP contribution is 2.26. The van der Waals surface area contributed by atoms with Gasteiger partial charge in [-0.25, -0.2) is 0 Å². The van der Waals surface area contributed by atoms with Crippen molar-refractivity contribution in [2.45, 2.75) is 40.3 Å². The Labute approximate surface area is 123 Å². The molecule has 1 heterocycles. The lowest BCUT2D eigenvalue weighted by atomic mass is 10.1. The standard InChI is InChI=1S/C15H20N4O2/c1-4-7-18-13(5-6-17-18)10-16-14-8-12(3)15(19(20)21)9-11(14)2/h5-6,8-9,16H,4,7,10H2,1-3H3. The van der Waals surface area contributed by atoms with Crippen molar-refractivity contribution < 1.29 is 4.92 Å². The third-order valence-electron chi connectivity index (χ3n) is 3.44. The largest absolute Gasteiger partial charge is 0.379 e. The average Bonchev–Trinajstić information content (AvgIpc) is 2.87. The van der Waals surface area contributed by atoms with E-state index in [9.17, 15) is 10.1 Å². The molecule has 0 aliphatic heterocycles. The number of nitro groups is 1. The molecule has 1 N–H and O–H groups in total. The number of hydrogen-bond acceptors (Lipinski definition) is 4. The molecule has 112 valence electrons. The first-order valence-corrected chi connectivity index (χ1v) is 7.03. The van der Waals surface area contributed by atoms with E-state index in [0.29, 0.717) is 12.1 Å². The predicted octanol–water partition coefficient (Wildman–Crippen LogP) is 3.43. The Morgan fingerprint density at radius 1 is 1.33 bits per heavy atom. The van der Waals surface area contributed by atoms with Crippen molar-refractivity contribution >= 4 is 11.4 Å². The Balaban J connectivity index is 2.15. The molecule has 0 aliphatic carbocycles. The molecular weight excluding hydrogens is 268 g/mol. The van der Waals surface area contributed by atoms with Gasteiger partial charge in [0.25, 0.3) is 5.69 Å². The van der Waals surface area contributed by atoms with Gasteiger partial charge in [0.15, 0.2) is 0 Å². The number of nitrogens with one attached hydrogen (secondary N) is 1. The van der Waals surface area contributed by atoms with E-state index in [-0.39, 0.29) is 10.6 Å². The minimum absolute atomic E-state index is 0.161. The minimum atomic E-state index is -0.345. The van der Waals surface area contributed by atoms with E-state index in [1.54, 1.807) is 19.2 Å². The van der Waals surface area contributed by atoms with Crippen LogP contribution in [0.1, 0.15) is 30.2 Å². The van der Waals surface area contributed by atoms with Crippen molar-refractivity contribution in [3.05, 3.63) is 51.3 Å². The predicted molar refractivity (Wildman–Crippen MR) is 82.4 cm³/mol. The first kappa shape index (κ1) is 15.0. The number of aromatic nitrogens is 2. The van der Waals surface area contributed by atoms with Crippen LogP contribution in [-0.2, 0) is 13.1 Å². The Bertz CT molecular complexity index is 649. The van der Waals surface area contributed by atoms with Crippen molar-refractivity contribution in [2.75, 3.05) is 5.32 Å². The molecule has 0 fully saturated rings. The smallest absolute Gasteiger partial charge is 0.272 e. The van der Waals surface area contributed by atoms with E-state index in [1.165, 1.54) is 0 Å². The number of rotatable bonds is 6. The Hall–Kier alpha value is -2.37. The minimum Gasteiger partial charge on any atom is -0.379 e. The third-order valence-corrected chi connectivity index (χ3v) is 3.44. The van der Waals surface area contributed by atoms with E-state index in [1.807, 2.05) is 23.7 Å². The molecular formula is C15H20N4O2. The molecule has 0 spiro atoms. The van der Waals surface area contributed by atoms with Gasteiger partial charge in [-0.2, -0.15) is 5.10 Å². The summed E-state index contributed by atoms with van der Waals surface area (Å²) in [6.07, 6.45) is 2.82. The van der Waals surface area contributed by atoms with Gasteiger partial charge >= 0.3 is 0 Å². The second-order valence-electron chi connectivity index (χ2n) is 5.11. The van der Waals surface area contributed by atoms with E-state index in [4.69, 9.17) is 0 Å². The summed E-state index contributed by atoms with van der Waals surface area (Å²) in [5.74, 6) is 0. The quantitative estimate of drug-likeness (QED) is 0.653. The number of nitrogens with zero attached hydrogens (tertiary/aromatic N) is 3. The zero-order chi connectivity index (χ0) is 15.4. The van der Waals surface area contributed by atoms with Crippen molar-refractivity contribution in [3.8, 4) is 0 Å². The fraction of sp³-hybridized carbons (Fsp3) is 0.400. The maximum Gasteiger partial charge on any atom is 0.272 e. The monoisotopic (exact) mass is 288 g/mol. The molecule has 21 heavy (non-hydrogen) atoms. The molecule has 6 heteroatoms. The highest BCUT2D eigenvalue weighted by Gasteiger charge is 2.13. The molecule has 0 unspecified atom stereocenters. The van der Waals surface area contributed by atoms with Crippen molar-refractivity contribution in [1.82, 2.24) is 9.78 Å². The van der Waals surface area contributed by atoms with Gasteiger partial charge in [-0.05, 0) is 38.0 Å². The van der Waals surface area contributed by atoms with Gasteiger partial charge in [0, 0.05) is 30.1 Å². The van der Waals surface area contributed by atoms with Gasteiger partial charge in [0.2, 0.25) is 0 Å². The Kier molecular flexibility index (Phi) is 4.57. The number of nitro benzene ring substituents is 1. The lowest BCUT2D eigenvalue weighted by Crippen LogP contribution is -2.09. The van der Waals surface area contributed by atoms with Gasteiger partial charge in [0.1, 0.15) is 0 Å². The second kappa shape index (κ2) is 6.39. The molecule has 0 saturated carbocycles. The molecule has 2 rings (SSSR count). The van der Waals surface area contributed by atoms with Gasteiger partial charge in [-0.3, -0.25) is 14.8 Å². The molecule has 6 nitrogen and oxygen atoms in total. The molecule has 0 radical (unpaired) electrons. The third kappa shape index (κ3) is 3.39. The summed E-state index contributed by atoms with van der Waals surface area (Å²) in [4.78, 5) is 10.6. The van der Waals surface area contributed by atoms with Crippen LogP contribution >= 0.6 is 0 Å². The van der Waals surface area contributed by atoms with Crippen LogP contribution in [0.3, 0.4) is 0 Å². The molecule has 0 bridgehead atoms. The van der Waals surface area contributed by atoms with Gasteiger partial charge < -0.3 is 5.32 Å². The van der Waals surface area contributed by atoms with Crippen molar-refractivity contribution in [2.24, 2.45) is 0 Å². The van der Waals surface area contributed by atoms with Crippen LogP contribution in [0.5, 0.6) is 0 Å². The first-order valence-electron chi connectivity index (χ1n) is 7.03. The molecule has 1 aromatic heterocycles. The van der Waals surface area contributed by atoms with Crippen LogP contribution in [0, 0.1) is 24.0 Å². The molecule has 0 atom stereocenters. The van der Waals surface area contributed by atoms with Crippen LogP contribution in [-0.4, -0.2) is 14.7 Å². The summed E-state index contributed by atoms with van der Waals surface area (Å²) < 4.78 is 1.97. The van der Waals surface area contributed by atoms with E-state index >= 15 is 0 Å². The summed E-state index contributed by atoms with van der Waals surface area (Å²) in [5, 5.41) is 18.5. The maximum atomic E-state index is 10.9. The van der Waals surface area contributed by atoms with Gasteiger partial charge in [-0.1, -0.05) is 6.92 Å². The van der Waals surface area contributed by atoms with E-state index in [2.05, 4.69) is 17.3 Å². The van der Waals surface area contributed by atoms with Crippen molar-refractivity contribution in [1.29, 1.82) is 0 Å². The fourth-order valence-corrected chi connectivity index (χ4v) is 2.30. The van der Waals surface area contributed by atoms with E-state index in [0.717, 1.165) is 29.9 Å². The topological polar surface area (TPSA) is 73.0 Å². The molecule has 0 saturated heterocycles. The Morgan fingerprint density at radius 3 is 2.76 bits per heavy atom. The Morgan fingerprint density at radius 2 is 2.10 bits per heavy atom. The van der Waals surface area contributed by atoms with Crippen LogP contribution in [0.2, 0.25) is 0 Å². The zero-order valence-corrected chi connectivity index (χ0v) is 12.6. The van der Waals surface area contributed by atoms with Crippen molar-refractivity contribution in [3.63, 3.8) is 0 Å². The maximum absolute atomic E-state index is 10.9. The summed E-state index contributed by atoms with van der Waals surface area (Å²) >= 11 is 0. The summed E-state index contributed by atoms with van der Waals surface area (Å²) in [6, 6.07) is 5.42. The highest BCUT2D eigenvalue weighted by atomic mass is 16.6. The number of hydrogen-bond donors (Lipinski definition) is 1. The number of anilines is 1. The van der Waals surface area contributed by atoms with Gasteiger partial charge in [0.05, 0.1) is 17.2 Å². The lowest BCUT2D eigenvalue weighted by molar-refractivity contribution is -0.385. The molecule has 0 amide bonds. The normalized spacial score (nSPS) is 10.6. The first-order chi connectivity index (χ1) is 10.0.